The van der Waals surface area contributed by atoms with Crippen LogP contribution in [-0.4, -0.2) is 41.3 Å². The van der Waals surface area contributed by atoms with Crippen molar-refractivity contribution in [1.82, 2.24) is 15.2 Å². The molecule has 0 radical (unpaired) electrons. The molecule has 1 aliphatic heterocycles. The summed E-state index contributed by atoms with van der Waals surface area (Å²) in [5, 5.41) is 3.35. The number of rotatable bonds is 6. The molecule has 7 nitrogen and oxygen atoms in total. The summed E-state index contributed by atoms with van der Waals surface area (Å²) < 4.78 is 11.0. The van der Waals surface area contributed by atoms with E-state index in [4.69, 9.17) is 20.4 Å². The molecule has 8 heteroatoms. The summed E-state index contributed by atoms with van der Waals surface area (Å²) in [4.78, 5) is 30.6. The number of aromatic nitrogens is 1. The van der Waals surface area contributed by atoms with Crippen LogP contribution in [0.1, 0.15) is 36.8 Å². The van der Waals surface area contributed by atoms with Gasteiger partial charge in [0.1, 0.15) is 11.3 Å². The first-order valence-corrected chi connectivity index (χ1v) is 10.3. The van der Waals surface area contributed by atoms with Crippen LogP contribution in [0.4, 0.5) is 0 Å². The van der Waals surface area contributed by atoms with Crippen LogP contribution in [0.25, 0.3) is 17.2 Å². The molecule has 1 saturated heterocycles. The van der Waals surface area contributed by atoms with Crippen molar-refractivity contribution in [2.75, 3.05) is 19.6 Å². The monoisotopic (exact) mass is 427 g/mol. The second-order valence-electron chi connectivity index (χ2n) is 7.21. The quantitative estimate of drug-likeness (QED) is 0.600. The van der Waals surface area contributed by atoms with Crippen molar-refractivity contribution < 1.29 is 18.4 Å². The van der Waals surface area contributed by atoms with Crippen LogP contribution in [0.15, 0.2) is 51.5 Å². The molecule has 0 aliphatic carbocycles. The highest BCUT2D eigenvalue weighted by atomic mass is 35.5. The number of carbonyl (C=O) groups is 2. The SMILES string of the molecule is O=C(/C=C/c1ccco1)NCCC(=O)N1CCC(c2nc3cc(Cl)ccc3o2)CC1. The Kier molecular flexibility index (Phi) is 6.18. The fourth-order valence-electron chi connectivity index (χ4n) is 3.52. The lowest BCUT2D eigenvalue weighted by molar-refractivity contribution is -0.132. The van der Waals surface area contributed by atoms with Crippen LogP contribution in [0, 0.1) is 0 Å². The predicted octanol–water partition coefficient (Wildman–Crippen LogP) is 4.00. The third kappa shape index (κ3) is 4.91. The van der Waals surface area contributed by atoms with E-state index in [1.165, 1.54) is 6.08 Å². The van der Waals surface area contributed by atoms with E-state index in [0.29, 0.717) is 36.3 Å². The predicted molar refractivity (Wildman–Crippen MR) is 113 cm³/mol. The van der Waals surface area contributed by atoms with E-state index >= 15 is 0 Å². The fourth-order valence-corrected chi connectivity index (χ4v) is 3.69. The number of nitrogens with one attached hydrogen (secondary N) is 1. The molecular weight excluding hydrogens is 406 g/mol. The van der Waals surface area contributed by atoms with Crippen molar-refractivity contribution in [3.8, 4) is 0 Å². The van der Waals surface area contributed by atoms with Crippen molar-refractivity contribution in [2.24, 2.45) is 0 Å². The van der Waals surface area contributed by atoms with Crippen LogP contribution >= 0.6 is 11.6 Å². The zero-order valence-electron chi connectivity index (χ0n) is 16.3. The zero-order valence-corrected chi connectivity index (χ0v) is 17.1. The Morgan fingerprint density at radius 3 is 2.87 bits per heavy atom. The van der Waals surface area contributed by atoms with Gasteiger partial charge in [0, 0.05) is 43.1 Å². The molecule has 0 spiro atoms. The van der Waals surface area contributed by atoms with Gasteiger partial charge in [0.25, 0.3) is 0 Å². The molecule has 0 saturated carbocycles. The van der Waals surface area contributed by atoms with Crippen LogP contribution in [0.5, 0.6) is 0 Å². The number of benzene rings is 1. The molecule has 4 rings (SSSR count). The van der Waals surface area contributed by atoms with Gasteiger partial charge >= 0.3 is 0 Å². The largest absolute Gasteiger partial charge is 0.465 e. The fraction of sp³-hybridized carbons (Fsp3) is 0.318. The minimum absolute atomic E-state index is 0.0353. The molecule has 1 N–H and O–H groups in total. The number of likely N-dealkylation sites (tertiary alicyclic amines) is 1. The van der Waals surface area contributed by atoms with Gasteiger partial charge in [-0.1, -0.05) is 11.6 Å². The number of fused-ring (bicyclic) bond motifs is 1. The summed E-state index contributed by atoms with van der Waals surface area (Å²) in [5.41, 5.74) is 1.48. The normalized spacial score (nSPS) is 15.2. The second kappa shape index (κ2) is 9.17. The Hall–Kier alpha value is -3.06. The zero-order chi connectivity index (χ0) is 20.9. The van der Waals surface area contributed by atoms with E-state index in [9.17, 15) is 9.59 Å². The lowest BCUT2D eigenvalue weighted by atomic mass is 9.96. The molecule has 156 valence electrons. The number of hydrogen-bond donors (Lipinski definition) is 1. The lowest BCUT2D eigenvalue weighted by Crippen LogP contribution is -2.39. The molecule has 3 heterocycles. The number of piperidine rings is 1. The van der Waals surface area contributed by atoms with E-state index in [0.717, 1.165) is 23.9 Å². The summed E-state index contributed by atoms with van der Waals surface area (Å²) >= 11 is 6.01. The Morgan fingerprint density at radius 2 is 2.10 bits per heavy atom. The van der Waals surface area contributed by atoms with Crippen molar-refractivity contribution >= 4 is 40.6 Å². The highest BCUT2D eigenvalue weighted by molar-refractivity contribution is 6.31. The Balaban J connectivity index is 1.21. The minimum atomic E-state index is -0.256. The molecule has 2 amide bonds. The van der Waals surface area contributed by atoms with Crippen LogP contribution < -0.4 is 5.32 Å². The van der Waals surface area contributed by atoms with E-state index in [-0.39, 0.29) is 24.2 Å². The topological polar surface area (TPSA) is 88.6 Å². The number of nitrogens with zero attached hydrogens (tertiary/aromatic N) is 2. The summed E-state index contributed by atoms with van der Waals surface area (Å²) in [7, 11) is 0. The standard InChI is InChI=1S/C22H22ClN3O4/c23-16-3-5-19-18(14-16)25-22(30-19)15-8-11-26(12-9-15)21(28)7-10-24-20(27)6-4-17-2-1-13-29-17/h1-6,13-15H,7-12H2,(H,24,27)/b6-4+. The maximum absolute atomic E-state index is 12.4. The van der Waals surface area contributed by atoms with Gasteiger partial charge in [-0.25, -0.2) is 4.98 Å². The molecule has 2 aromatic heterocycles. The van der Waals surface area contributed by atoms with E-state index in [1.807, 2.05) is 11.0 Å². The molecule has 0 unspecified atom stereocenters. The molecule has 1 fully saturated rings. The first kappa shape index (κ1) is 20.2. The molecule has 30 heavy (non-hydrogen) atoms. The van der Waals surface area contributed by atoms with Gasteiger partial charge in [0.15, 0.2) is 11.5 Å². The first-order chi connectivity index (χ1) is 14.6. The smallest absolute Gasteiger partial charge is 0.244 e. The average molecular weight is 428 g/mol. The Bertz CT molecular complexity index is 1050. The van der Waals surface area contributed by atoms with Crippen LogP contribution in [0.2, 0.25) is 5.02 Å². The Labute approximate surface area is 178 Å². The molecular formula is C22H22ClN3O4. The van der Waals surface area contributed by atoms with E-state index in [1.54, 1.807) is 36.6 Å². The first-order valence-electron chi connectivity index (χ1n) is 9.91. The molecule has 1 aromatic carbocycles. The van der Waals surface area contributed by atoms with E-state index in [2.05, 4.69) is 10.3 Å². The summed E-state index contributed by atoms with van der Waals surface area (Å²) in [6.07, 6.45) is 6.38. The summed E-state index contributed by atoms with van der Waals surface area (Å²) in [6, 6.07) is 8.91. The van der Waals surface area contributed by atoms with Crippen molar-refractivity contribution in [2.45, 2.75) is 25.2 Å². The van der Waals surface area contributed by atoms with Gasteiger partial charge in [0.2, 0.25) is 11.8 Å². The van der Waals surface area contributed by atoms with Gasteiger partial charge in [-0.3, -0.25) is 9.59 Å². The van der Waals surface area contributed by atoms with Gasteiger partial charge in [-0.15, -0.1) is 0 Å². The maximum atomic E-state index is 12.4. The minimum Gasteiger partial charge on any atom is -0.465 e. The van der Waals surface area contributed by atoms with Crippen molar-refractivity contribution in [1.29, 1.82) is 0 Å². The van der Waals surface area contributed by atoms with Crippen molar-refractivity contribution in [3.05, 3.63) is 59.3 Å². The molecule has 1 aliphatic rings. The number of halogens is 1. The molecule has 3 aromatic rings. The van der Waals surface area contributed by atoms with Gasteiger partial charge < -0.3 is 19.1 Å². The van der Waals surface area contributed by atoms with Gasteiger partial charge in [-0.05, 0) is 49.2 Å². The maximum Gasteiger partial charge on any atom is 0.244 e. The molecule has 0 bridgehead atoms. The van der Waals surface area contributed by atoms with Crippen molar-refractivity contribution in [3.63, 3.8) is 0 Å². The highest BCUT2D eigenvalue weighted by Crippen LogP contribution is 2.30. The number of amides is 2. The van der Waals surface area contributed by atoms with E-state index < -0.39 is 0 Å². The lowest BCUT2D eigenvalue weighted by Gasteiger charge is -2.30. The summed E-state index contributed by atoms with van der Waals surface area (Å²) in [6.45, 7) is 1.59. The molecule has 0 atom stereocenters. The summed E-state index contributed by atoms with van der Waals surface area (Å²) in [5.74, 6) is 1.27. The number of oxazole rings is 1. The Morgan fingerprint density at radius 1 is 1.27 bits per heavy atom. The number of carbonyl (C=O) groups excluding carboxylic acids is 2. The van der Waals surface area contributed by atoms with Gasteiger partial charge in [0.05, 0.1) is 6.26 Å². The number of furan rings is 1. The number of hydrogen-bond acceptors (Lipinski definition) is 5. The van der Waals surface area contributed by atoms with Crippen LogP contribution in [0.3, 0.4) is 0 Å². The third-order valence-electron chi connectivity index (χ3n) is 5.14. The average Bonchev–Trinajstić information content (AvgIpc) is 3.41. The second-order valence-corrected chi connectivity index (χ2v) is 7.65. The van der Waals surface area contributed by atoms with Crippen LogP contribution in [-0.2, 0) is 9.59 Å². The third-order valence-corrected chi connectivity index (χ3v) is 5.38. The highest BCUT2D eigenvalue weighted by Gasteiger charge is 2.26. The van der Waals surface area contributed by atoms with Gasteiger partial charge in [-0.2, -0.15) is 0 Å².